The topological polar surface area (TPSA) is 62.3 Å². The fourth-order valence-electron chi connectivity index (χ4n) is 2.74. The molecule has 0 fully saturated rings. The Bertz CT molecular complexity index is 1050. The summed E-state index contributed by atoms with van der Waals surface area (Å²) in [5, 5.41) is 4.21. The van der Waals surface area contributed by atoms with E-state index in [1.54, 1.807) is 31.8 Å². The third-order valence-electron chi connectivity index (χ3n) is 4.17. The molecular weight excluding hydrogens is 426 g/mol. The molecule has 1 heterocycles. The molecule has 0 bridgehead atoms. The maximum absolute atomic E-state index is 12.9. The quantitative estimate of drug-likeness (QED) is 0.529. The average Bonchev–Trinajstić information content (AvgIpc) is 3.09. The zero-order valence-electron chi connectivity index (χ0n) is 16.2. The van der Waals surface area contributed by atoms with Gasteiger partial charge in [-0.1, -0.05) is 35.9 Å². The molecule has 150 valence electrons. The third-order valence-corrected chi connectivity index (χ3v) is 6.40. The number of anilines is 1. The van der Waals surface area contributed by atoms with E-state index >= 15 is 0 Å². The van der Waals surface area contributed by atoms with Crippen LogP contribution in [-0.2, 0) is 4.79 Å². The van der Waals surface area contributed by atoms with Crippen molar-refractivity contribution in [1.29, 1.82) is 0 Å². The van der Waals surface area contributed by atoms with Crippen LogP contribution < -0.4 is 5.32 Å². The highest BCUT2D eigenvalue weighted by molar-refractivity contribution is 7.98. The number of nitrogens with zero attached hydrogens (tertiary/aromatic N) is 2. The summed E-state index contributed by atoms with van der Waals surface area (Å²) in [5.41, 5.74) is 2.23. The molecular formula is C21H20ClN3O2S2. The minimum atomic E-state index is -0.250. The SMILES string of the molecule is CSc1ccccc1NC(=O)CN(C)C(=O)c1sc(-c2cccc(Cl)c2)nc1C. The predicted octanol–water partition coefficient (Wildman–Crippen LogP) is 5.20. The first kappa shape index (κ1) is 21.4. The summed E-state index contributed by atoms with van der Waals surface area (Å²) in [7, 11) is 1.61. The van der Waals surface area contributed by atoms with Gasteiger partial charge in [-0.15, -0.1) is 23.1 Å². The molecule has 0 atom stereocenters. The molecule has 0 aliphatic carbocycles. The Morgan fingerprint density at radius 2 is 1.97 bits per heavy atom. The zero-order valence-corrected chi connectivity index (χ0v) is 18.6. The van der Waals surface area contributed by atoms with Crippen LogP contribution in [0.15, 0.2) is 53.4 Å². The van der Waals surface area contributed by atoms with Crippen molar-refractivity contribution in [3.8, 4) is 10.6 Å². The predicted molar refractivity (Wildman–Crippen MR) is 121 cm³/mol. The van der Waals surface area contributed by atoms with E-state index in [-0.39, 0.29) is 18.4 Å². The maximum Gasteiger partial charge on any atom is 0.266 e. The number of thiazole rings is 1. The van der Waals surface area contributed by atoms with Crippen LogP contribution >= 0.6 is 34.7 Å². The van der Waals surface area contributed by atoms with Gasteiger partial charge in [0.05, 0.1) is 17.9 Å². The average molecular weight is 446 g/mol. The van der Waals surface area contributed by atoms with Crippen molar-refractivity contribution < 1.29 is 9.59 Å². The molecule has 0 unspecified atom stereocenters. The summed E-state index contributed by atoms with van der Waals surface area (Å²) >= 11 is 8.91. The molecule has 5 nitrogen and oxygen atoms in total. The lowest BCUT2D eigenvalue weighted by atomic mass is 10.2. The summed E-state index contributed by atoms with van der Waals surface area (Å²) in [6.45, 7) is 1.74. The van der Waals surface area contributed by atoms with Crippen molar-refractivity contribution in [3.05, 3.63) is 64.1 Å². The van der Waals surface area contributed by atoms with Crippen LogP contribution in [0.4, 0.5) is 5.69 Å². The number of nitrogens with one attached hydrogen (secondary N) is 1. The molecule has 0 spiro atoms. The number of hydrogen-bond donors (Lipinski definition) is 1. The molecule has 8 heteroatoms. The molecule has 0 radical (unpaired) electrons. The number of hydrogen-bond acceptors (Lipinski definition) is 5. The van der Waals surface area contributed by atoms with E-state index in [1.165, 1.54) is 16.2 Å². The number of para-hydroxylation sites is 1. The monoisotopic (exact) mass is 445 g/mol. The molecule has 2 amide bonds. The third kappa shape index (κ3) is 5.18. The van der Waals surface area contributed by atoms with Crippen molar-refractivity contribution in [2.24, 2.45) is 0 Å². The smallest absolute Gasteiger partial charge is 0.266 e. The maximum atomic E-state index is 12.9. The van der Waals surface area contributed by atoms with Gasteiger partial charge in [0, 0.05) is 22.5 Å². The molecule has 3 rings (SSSR count). The molecule has 0 aliphatic rings. The summed E-state index contributed by atoms with van der Waals surface area (Å²) in [6, 6.07) is 14.9. The highest BCUT2D eigenvalue weighted by atomic mass is 35.5. The first-order chi connectivity index (χ1) is 13.9. The van der Waals surface area contributed by atoms with E-state index in [0.717, 1.165) is 21.2 Å². The van der Waals surface area contributed by atoms with Crippen LogP contribution in [0.2, 0.25) is 5.02 Å². The Morgan fingerprint density at radius 1 is 1.21 bits per heavy atom. The lowest BCUT2D eigenvalue weighted by molar-refractivity contribution is -0.116. The van der Waals surface area contributed by atoms with E-state index in [2.05, 4.69) is 10.3 Å². The van der Waals surface area contributed by atoms with E-state index in [4.69, 9.17) is 11.6 Å². The van der Waals surface area contributed by atoms with E-state index in [0.29, 0.717) is 15.6 Å². The van der Waals surface area contributed by atoms with Crippen molar-refractivity contribution in [2.75, 3.05) is 25.2 Å². The van der Waals surface area contributed by atoms with Gasteiger partial charge in [-0.3, -0.25) is 9.59 Å². The number of carbonyl (C=O) groups is 2. The summed E-state index contributed by atoms with van der Waals surface area (Å²) in [4.78, 5) is 32.7. The van der Waals surface area contributed by atoms with Crippen LogP contribution in [0, 0.1) is 6.92 Å². The lowest BCUT2D eigenvalue weighted by Gasteiger charge is -2.17. The van der Waals surface area contributed by atoms with Gasteiger partial charge in [0.15, 0.2) is 0 Å². The fourth-order valence-corrected chi connectivity index (χ4v) is 4.54. The minimum absolute atomic E-state index is 0.0502. The lowest BCUT2D eigenvalue weighted by Crippen LogP contribution is -2.34. The van der Waals surface area contributed by atoms with Crippen LogP contribution in [0.1, 0.15) is 15.4 Å². The van der Waals surface area contributed by atoms with Crippen LogP contribution in [0.3, 0.4) is 0 Å². The summed E-state index contributed by atoms with van der Waals surface area (Å²) < 4.78 is 0. The van der Waals surface area contributed by atoms with Gasteiger partial charge in [0.1, 0.15) is 9.88 Å². The summed E-state index contributed by atoms with van der Waals surface area (Å²) in [5.74, 6) is -0.485. The second kappa shape index (κ2) is 9.43. The van der Waals surface area contributed by atoms with Crippen molar-refractivity contribution in [1.82, 2.24) is 9.88 Å². The molecule has 0 aliphatic heterocycles. The molecule has 3 aromatic rings. The number of thioether (sulfide) groups is 1. The molecule has 1 aromatic heterocycles. The van der Waals surface area contributed by atoms with E-state index in [9.17, 15) is 9.59 Å². The van der Waals surface area contributed by atoms with Crippen LogP contribution in [0.5, 0.6) is 0 Å². The first-order valence-corrected chi connectivity index (χ1v) is 11.2. The van der Waals surface area contributed by atoms with Gasteiger partial charge in [0.2, 0.25) is 5.91 Å². The van der Waals surface area contributed by atoms with Gasteiger partial charge in [-0.05, 0) is 37.4 Å². The first-order valence-electron chi connectivity index (χ1n) is 8.80. The Kier molecular flexibility index (Phi) is 6.95. The fraction of sp³-hybridized carbons (Fsp3) is 0.190. The number of likely N-dealkylation sites (N-methyl/N-ethyl adjacent to an activating group) is 1. The number of carbonyl (C=O) groups excluding carboxylic acids is 2. The van der Waals surface area contributed by atoms with Crippen molar-refractivity contribution in [2.45, 2.75) is 11.8 Å². The Balaban J connectivity index is 1.71. The molecule has 29 heavy (non-hydrogen) atoms. The second-order valence-corrected chi connectivity index (χ2v) is 8.64. The van der Waals surface area contributed by atoms with Crippen molar-refractivity contribution in [3.63, 3.8) is 0 Å². The Labute approximate surface area is 183 Å². The summed E-state index contributed by atoms with van der Waals surface area (Å²) in [6.07, 6.45) is 1.95. The number of aryl methyl sites for hydroxylation is 1. The van der Waals surface area contributed by atoms with E-state index < -0.39 is 0 Å². The minimum Gasteiger partial charge on any atom is -0.332 e. The molecule has 2 aromatic carbocycles. The van der Waals surface area contributed by atoms with Gasteiger partial charge in [-0.25, -0.2) is 4.98 Å². The van der Waals surface area contributed by atoms with Crippen LogP contribution in [-0.4, -0.2) is 41.5 Å². The highest BCUT2D eigenvalue weighted by Crippen LogP contribution is 2.30. The van der Waals surface area contributed by atoms with Crippen molar-refractivity contribution >= 4 is 52.2 Å². The second-order valence-electron chi connectivity index (χ2n) is 6.35. The number of halogens is 1. The number of aromatic nitrogens is 1. The number of amides is 2. The molecule has 0 saturated heterocycles. The number of benzene rings is 2. The highest BCUT2D eigenvalue weighted by Gasteiger charge is 2.21. The van der Waals surface area contributed by atoms with Gasteiger partial charge in [-0.2, -0.15) is 0 Å². The zero-order chi connectivity index (χ0) is 21.0. The van der Waals surface area contributed by atoms with E-state index in [1.807, 2.05) is 48.7 Å². The Morgan fingerprint density at radius 3 is 2.69 bits per heavy atom. The van der Waals surface area contributed by atoms with Gasteiger partial charge in [0.25, 0.3) is 5.91 Å². The molecule has 0 saturated carbocycles. The number of rotatable bonds is 6. The standard InChI is InChI=1S/C21H20ClN3O2S2/c1-13-19(29-20(23-13)14-7-6-8-15(22)11-14)21(27)25(2)12-18(26)24-16-9-4-5-10-17(16)28-3/h4-11H,12H2,1-3H3,(H,24,26). The van der Waals surface area contributed by atoms with Gasteiger partial charge < -0.3 is 10.2 Å². The van der Waals surface area contributed by atoms with Gasteiger partial charge >= 0.3 is 0 Å². The largest absolute Gasteiger partial charge is 0.332 e. The molecule has 1 N–H and O–H groups in total. The Hall–Kier alpha value is -2.35. The normalized spacial score (nSPS) is 10.6. The van der Waals surface area contributed by atoms with Crippen LogP contribution in [0.25, 0.3) is 10.6 Å².